The smallest absolute Gasteiger partial charge is 0.131 e. The molecular weight excluding hydrogens is 239 g/mol. The summed E-state index contributed by atoms with van der Waals surface area (Å²) in [4.78, 5) is 0. The van der Waals surface area contributed by atoms with Gasteiger partial charge in [0.25, 0.3) is 0 Å². The number of benzene rings is 2. The Balaban J connectivity index is 2.32. The van der Waals surface area contributed by atoms with Gasteiger partial charge in [0.15, 0.2) is 0 Å². The molecule has 98 valence electrons. The van der Waals surface area contributed by atoms with E-state index in [4.69, 9.17) is 0 Å². The quantitative estimate of drug-likeness (QED) is 0.869. The molecule has 19 heavy (non-hydrogen) atoms. The predicted octanol–water partition coefficient (Wildman–Crippen LogP) is 4.28. The SMILES string of the molecule is C/C(=C/C(C)O)c1ccc(-c2ccccc2F)cc1. The zero-order valence-electron chi connectivity index (χ0n) is 11.1. The lowest BCUT2D eigenvalue weighted by Crippen LogP contribution is -1.94. The van der Waals surface area contributed by atoms with Crippen molar-refractivity contribution in [2.24, 2.45) is 0 Å². The van der Waals surface area contributed by atoms with Crippen molar-refractivity contribution in [3.8, 4) is 11.1 Å². The predicted molar refractivity (Wildman–Crippen MR) is 77.2 cm³/mol. The first-order chi connectivity index (χ1) is 9.08. The minimum Gasteiger partial charge on any atom is -0.389 e. The Labute approximate surface area is 113 Å². The van der Waals surface area contributed by atoms with E-state index in [1.54, 1.807) is 25.1 Å². The molecule has 0 saturated heterocycles. The summed E-state index contributed by atoms with van der Waals surface area (Å²) >= 11 is 0. The number of hydrogen-bond acceptors (Lipinski definition) is 1. The van der Waals surface area contributed by atoms with Gasteiger partial charge in [-0.15, -0.1) is 0 Å². The molecule has 1 unspecified atom stereocenters. The highest BCUT2D eigenvalue weighted by atomic mass is 19.1. The number of hydrogen-bond donors (Lipinski definition) is 1. The average molecular weight is 256 g/mol. The number of halogens is 1. The summed E-state index contributed by atoms with van der Waals surface area (Å²) < 4.78 is 13.7. The van der Waals surface area contributed by atoms with Gasteiger partial charge in [0.2, 0.25) is 0 Å². The topological polar surface area (TPSA) is 20.2 Å². The second-order valence-electron chi connectivity index (χ2n) is 4.65. The first-order valence-electron chi connectivity index (χ1n) is 6.30. The Bertz CT molecular complexity index is 582. The number of rotatable bonds is 3. The van der Waals surface area contributed by atoms with Crippen LogP contribution < -0.4 is 0 Å². The minimum absolute atomic E-state index is 0.216. The standard InChI is InChI=1S/C17H17FO/c1-12(11-13(2)19)14-7-9-15(10-8-14)16-5-3-4-6-17(16)18/h3-11,13,19H,1-2H3/b12-11-. The van der Waals surface area contributed by atoms with Crippen molar-refractivity contribution in [2.75, 3.05) is 0 Å². The zero-order chi connectivity index (χ0) is 13.8. The lowest BCUT2D eigenvalue weighted by atomic mass is 10.00. The van der Waals surface area contributed by atoms with Crippen LogP contribution >= 0.6 is 0 Å². The van der Waals surface area contributed by atoms with E-state index < -0.39 is 6.10 Å². The molecule has 0 aliphatic rings. The fraction of sp³-hybridized carbons (Fsp3) is 0.176. The van der Waals surface area contributed by atoms with Crippen molar-refractivity contribution in [1.29, 1.82) is 0 Å². The third-order valence-electron chi connectivity index (χ3n) is 3.02. The first kappa shape index (κ1) is 13.5. The van der Waals surface area contributed by atoms with E-state index in [1.165, 1.54) is 6.07 Å². The van der Waals surface area contributed by atoms with Crippen LogP contribution in [-0.4, -0.2) is 11.2 Å². The highest BCUT2D eigenvalue weighted by molar-refractivity contribution is 5.70. The van der Waals surface area contributed by atoms with E-state index in [-0.39, 0.29) is 5.82 Å². The molecule has 2 aromatic carbocycles. The van der Waals surface area contributed by atoms with E-state index in [1.807, 2.05) is 37.3 Å². The number of aliphatic hydroxyl groups is 1. The van der Waals surface area contributed by atoms with E-state index in [0.717, 1.165) is 16.7 Å². The highest BCUT2D eigenvalue weighted by Gasteiger charge is 2.04. The van der Waals surface area contributed by atoms with Gasteiger partial charge in [-0.2, -0.15) is 0 Å². The lowest BCUT2D eigenvalue weighted by Gasteiger charge is -2.07. The van der Waals surface area contributed by atoms with Crippen LogP contribution in [0.3, 0.4) is 0 Å². The normalized spacial score (nSPS) is 13.4. The zero-order valence-corrected chi connectivity index (χ0v) is 11.1. The molecule has 2 rings (SSSR count). The molecule has 0 radical (unpaired) electrons. The van der Waals surface area contributed by atoms with E-state index in [9.17, 15) is 9.50 Å². The van der Waals surface area contributed by atoms with Gasteiger partial charge in [-0.05, 0) is 36.6 Å². The second-order valence-corrected chi connectivity index (χ2v) is 4.65. The van der Waals surface area contributed by atoms with Gasteiger partial charge in [0, 0.05) is 5.56 Å². The van der Waals surface area contributed by atoms with Crippen molar-refractivity contribution < 1.29 is 9.50 Å². The van der Waals surface area contributed by atoms with Crippen LogP contribution in [-0.2, 0) is 0 Å². The summed E-state index contributed by atoms with van der Waals surface area (Å²) in [6.45, 7) is 3.67. The molecule has 0 fully saturated rings. The van der Waals surface area contributed by atoms with Crippen LogP contribution in [0.2, 0.25) is 0 Å². The molecule has 0 aliphatic carbocycles. The largest absolute Gasteiger partial charge is 0.389 e. The van der Waals surface area contributed by atoms with Gasteiger partial charge < -0.3 is 5.11 Å². The summed E-state index contributed by atoms with van der Waals surface area (Å²) in [5.74, 6) is -0.216. The third-order valence-corrected chi connectivity index (χ3v) is 3.02. The summed E-state index contributed by atoms with van der Waals surface area (Å²) in [6, 6.07) is 14.4. The van der Waals surface area contributed by atoms with Crippen LogP contribution in [0.4, 0.5) is 4.39 Å². The molecule has 1 nitrogen and oxygen atoms in total. The van der Waals surface area contributed by atoms with Crippen LogP contribution in [0.15, 0.2) is 54.6 Å². The maximum absolute atomic E-state index is 13.7. The summed E-state index contributed by atoms with van der Waals surface area (Å²) in [5.41, 5.74) is 3.49. The Morgan fingerprint density at radius 3 is 2.32 bits per heavy atom. The van der Waals surface area contributed by atoms with E-state index in [2.05, 4.69) is 0 Å². The van der Waals surface area contributed by atoms with Crippen molar-refractivity contribution in [3.05, 3.63) is 66.0 Å². The maximum Gasteiger partial charge on any atom is 0.131 e. The number of aliphatic hydroxyl groups excluding tert-OH is 1. The van der Waals surface area contributed by atoms with Crippen LogP contribution in [0.5, 0.6) is 0 Å². The Kier molecular flexibility index (Phi) is 4.13. The van der Waals surface area contributed by atoms with Crippen molar-refractivity contribution in [3.63, 3.8) is 0 Å². The van der Waals surface area contributed by atoms with Gasteiger partial charge in [0.1, 0.15) is 5.82 Å². The van der Waals surface area contributed by atoms with Crippen LogP contribution in [0.25, 0.3) is 16.7 Å². The van der Waals surface area contributed by atoms with Crippen LogP contribution in [0, 0.1) is 5.82 Å². The summed E-state index contributed by atoms with van der Waals surface area (Å²) in [7, 11) is 0. The highest BCUT2D eigenvalue weighted by Crippen LogP contribution is 2.24. The van der Waals surface area contributed by atoms with Gasteiger partial charge >= 0.3 is 0 Å². The van der Waals surface area contributed by atoms with Gasteiger partial charge in [0.05, 0.1) is 6.10 Å². The molecule has 0 heterocycles. The Hall–Kier alpha value is -1.93. The molecule has 0 bridgehead atoms. The van der Waals surface area contributed by atoms with E-state index >= 15 is 0 Å². The maximum atomic E-state index is 13.7. The molecule has 0 aromatic heterocycles. The minimum atomic E-state index is -0.466. The average Bonchev–Trinajstić information content (AvgIpc) is 2.39. The van der Waals surface area contributed by atoms with Crippen molar-refractivity contribution in [2.45, 2.75) is 20.0 Å². The first-order valence-corrected chi connectivity index (χ1v) is 6.30. The van der Waals surface area contributed by atoms with Crippen molar-refractivity contribution >= 4 is 5.57 Å². The van der Waals surface area contributed by atoms with Gasteiger partial charge in [-0.3, -0.25) is 0 Å². The molecule has 1 N–H and O–H groups in total. The molecule has 0 amide bonds. The molecule has 1 atom stereocenters. The van der Waals surface area contributed by atoms with Crippen molar-refractivity contribution in [1.82, 2.24) is 0 Å². The monoisotopic (exact) mass is 256 g/mol. The lowest BCUT2D eigenvalue weighted by molar-refractivity contribution is 0.244. The Morgan fingerprint density at radius 2 is 1.74 bits per heavy atom. The van der Waals surface area contributed by atoms with Gasteiger partial charge in [-0.1, -0.05) is 48.5 Å². The Morgan fingerprint density at radius 1 is 1.11 bits per heavy atom. The molecule has 2 heteroatoms. The molecule has 0 saturated carbocycles. The van der Waals surface area contributed by atoms with Gasteiger partial charge in [-0.25, -0.2) is 4.39 Å². The summed E-state index contributed by atoms with van der Waals surface area (Å²) in [5, 5.41) is 9.33. The van der Waals surface area contributed by atoms with Crippen LogP contribution in [0.1, 0.15) is 19.4 Å². The molecule has 0 aliphatic heterocycles. The van der Waals surface area contributed by atoms with E-state index in [0.29, 0.717) is 5.56 Å². The fourth-order valence-corrected chi connectivity index (χ4v) is 2.07. The third kappa shape index (κ3) is 3.30. The summed E-state index contributed by atoms with van der Waals surface area (Å²) in [6.07, 6.45) is 1.32. The fourth-order valence-electron chi connectivity index (χ4n) is 2.07. The second kappa shape index (κ2) is 5.81. The molecule has 0 spiro atoms. The molecular formula is C17H17FO. The number of allylic oxidation sites excluding steroid dienone is 1. The molecule has 2 aromatic rings.